The van der Waals surface area contributed by atoms with E-state index < -0.39 is 15.4 Å². The van der Waals surface area contributed by atoms with Gasteiger partial charge in [-0.3, -0.25) is 14.3 Å². The van der Waals surface area contributed by atoms with Crippen LogP contribution >= 0.6 is 0 Å². The zero-order valence-electron chi connectivity index (χ0n) is 23.8. The lowest BCUT2D eigenvalue weighted by Crippen LogP contribution is -2.32. The molecule has 1 aromatic heterocycles. The summed E-state index contributed by atoms with van der Waals surface area (Å²) in [5.41, 5.74) is 1.41. The molecule has 1 saturated heterocycles. The highest BCUT2D eigenvalue weighted by Crippen LogP contribution is 2.21. The normalized spacial score (nSPS) is 17.0. The Bertz CT molecular complexity index is 1220. The summed E-state index contributed by atoms with van der Waals surface area (Å²) in [4.78, 5) is 23.8. The average Bonchev–Trinajstić information content (AvgIpc) is 2.86. The van der Waals surface area contributed by atoms with Gasteiger partial charge in [0.2, 0.25) is 21.8 Å². The van der Waals surface area contributed by atoms with Gasteiger partial charge in [0.25, 0.3) is 0 Å². The number of aromatic nitrogens is 1. The van der Waals surface area contributed by atoms with Gasteiger partial charge in [-0.15, -0.1) is 0 Å². The van der Waals surface area contributed by atoms with Crippen molar-refractivity contribution < 1.29 is 22.7 Å². The van der Waals surface area contributed by atoms with Crippen LogP contribution in [-0.2, 0) is 24.9 Å². The summed E-state index contributed by atoms with van der Waals surface area (Å²) >= 11 is 0. The van der Waals surface area contributed by atoms with Crippen LogP contribution in [0.4, 0.5) is 0 Å². The highest BCUT2D eigenvalue weighted by atomic mass is 32.2. The van der Waals surface area contributed by atoms with Crippen molar-refractivity contribution >= 4 is 22.1 Å². The Hall–Kier alpha value is -2.76. The molecule has 1 aliphatic heterocycles. The van der Waals surface area contributed by atoms with E-state index in [0.29, 0.717) is 29.3 Å². The lowest BCUT2D eigenvalue weighted by molar-refractivity contribution is 0.0930. The summed E-state index contributed by atoms with van der Waals surface area (Å²) in [6.45, 7) is 12.9. The van der Waals surface area contributed by atoms with Crippen LogP contribution in [0.15, 0.2) is 51.7 Å². The summed E-state index contributed by atoms with van der Waals surface area (Å²) < 4.78 is 37.9. The smallest absolute Gasteiger partial charge is 0.229 e. The van der Waals surface area contributed by atoms with E-state index in [1.54, 1.807) is 31.6 Å². The van der Waals surface area contributed by atoms with Crippen molar-refractivity contribution in [3.63, 3.8) is 0 Å². The van der Waals surface area contributed by atoms with Crippen molar-refractivity contribution in [2.24, 2.45) is 9.98 Å². The maximum absolute atomic E-state index is 12.4. The van der Waals surface area contributed by atoms with E-state index in [1.165, 1.54) is 37.9 Å². The Labute approximate surface area is 227 Å². The Kier molecular flexibility index (Phi) is 11.9. The van der Waals surface area contributed by atoms with E-state index in [2.05, 4.69) is 19.6 Å². The second kappa shape index (κ2) is 14.4. The molecule has 0 aliphatic carbocycles. The summed E-state index contributed by atoms with van der Waals surface area (Å²) in [6.07, 6.45) is 10.0. The Morgan fingerprint density at radius 1 is 1.16 bits per heavy atom. The van der Waals surface area contributed by atoms with E-state index in [-0.39, 0.29) is 12.5 Å². The molecule has 2 rings (SSSR count). The van der Waals surface area contributed by atoms with Crippen molar-refractivity contribution in [1.82, 2.24) is 14.2 Å². The quantitative estimate of drug-likeness (QED) is 0.316. The lowest BCUT2D eigenvalue weighted by Gasteiger charge is -2.26. The molecule has 0 saturated carbocycles. The number of methoxy groups -OCH3 is 1. The molecule has 10 nitrogen and oxygen atoms in total. The minimum absolute atomic E-state index is 0.0925. The van der Waals surface area contributed by atoms with Crippen molar-refractivity contribution in [2.45, 2.75) is 59.3 Å². The van der Waals surface area contributed by atoms with Gasteiger partial charge in [0, 0.05) is 43.4 Å². The third kappa shape index (κ3) is 10.5. The molecule has 1 aromatic rings. The van der Waals surface area contributed by atoms with Gasteiger partial charge in [0.05, 0.1) is 19.6 Å². The summed E-state index contributed by atoms with van der Waals surface area (Å²) in [5.74, 6) is 0.838. The summed E-state index contributed by atoms with van der Waals surface area (Å²) in [5, 5.41) is 0. The maximum atomic E-state index is 12.4. The molecule has 212 valence electrons. The third-order valence-electron chi connectivity index (χ3n) is 6.24. The number of carbonyl (C=O) groups excluding carboxylic acids is 1. The first-order valence-electron chi connectivity index (χ1n) is 12.9. The first-order valence-corrected chi connectivity index (χ1v) is 14.7. The molecule has 0 amide bonds. The van der Waals surface area contributed by atoms with Crippen LogP contribution in [0.2, 0.25) is 0 Å². The third-order valence-corrected chi connectivity index (χ3v) is 6.91. The van der Waals surface area contributed by atoms with Crippen molar-refractivity contribution in [2.75, 3.05) is 46.2 Å². The molecule has 0 radical (unpaired) electrons. The number of aliphatic imine (C=N–C) groups is 1. The first kappa shape index (κ1) is 31.5. The van der Waals surface area contributed by atoms with Crippen LogP contribution in [0.25, 0.3) is 0 Å². The molecule has 0 atom stereocenters. The van der Waals surface area contributed by atoms with Gasteiger partial charge < -0.3 is 9.47 Å². The van der Waals surface area contributed by atoms with Crippen LogP contribution in [0.1, 0.15) is 64.2 Å². The number of hydrogen-bond donors (Lipinski definition) is 1. The van der Waals surface area contributed by atoms with Crippen LogP contribution in [-0.4, -0.2) is 76.2 Å². The maximum Gasteiger partial charge on any atom is 0.229 e. The predicted octanol–water partition coefficient (Wildman–Crippen LogP) is 3.19. The number of nitrogens with one attached hydrogen (secondary N) is 1. The minimum atomic E-state index is -3.33. The Morgan fingerprint density at radius 3 is 2.45 bits per heavy atom. The van der Waals surface area contributed by atoms with Gasteiger partial charge in [-0.25, -0.2) is 23.1 Å². The van der Waals surface area contributed by atoms with Gasteiger partial charge >= 0.3 is 0 Å². The number of hydrogen-bond acceptors (Lipinski definition) is 8. The number of rotatable bonds is 12. The van der Waals surface area contributed by atoms with Gasteiger partial charge in [-0.2, -0.15) is 0 Å². The standard InChI is InChI=1S/C27H43N5O5S/c1-21(17-30-38(7,34)35)26(36-6)29-20-27(4,5)24-11-12-25(32(19-24)23(3)33)28-18-22(2)37-16-15-31-13-9-8-10-14-31/h11-12,18-20,30H,8-10,13-17H2,1-7H3/b22-18+,26-21-,28-25?,29-20?. The van der Waals surface area contributed by atoms with E-state index in [4.69, 9.17) is 9.47 Å². The van der Waals surface area contributed by atoms with E-state index in [9.17, 15) is 13.2 Å². The van der Waals surface area contributed by atoms with Gasteiger partial charge in [-0.05, 0) is 51.4 Å². The molecule has 2 heterocycles. The molecule has 0 spiro atoms. The number of likely N-dealkylation sites (tertiary alicyclic amines) is 1. The average molecular weight is 550 g/mol. The van der Waals surface area contributed by atoms with Crippen molar-refractivity contribution in [3.05, 3.63) is 52.8 Å². The molecular weight excluding hydrogens is 506 g/mol. The molecule has 0 bridgehead atoms. The van der Waals surface area contributed by atoms with E-state index in [1.807, 2.05) is 26.8 Å². The second-order valence-corrected chi connectivity index (χ2v) is 12.0. The lowest BCUT2D eigenvalue weighted by atomic mass is 9.87. The highest BCUT2D eigenvalue weighted by molar-refractivity contribution is 7.88. The molecule has 1 N–H and O–H groups in total. The Morgan fingerprint density at radius 2 is 1.84 bits per heavy atom. The number of sulfonamides is 1. The fraction of sp³-hybridized carbons (Fsp3) is 0.593. The van der Waals surface area contributed by atoms with Crippen LogP contribution in [0, 0.1) is 0 Å². The number of pyridine rings is 1. The largest absolute Gasteiger partial charge is 0.495 e. The van der Waals surface area contributed by atoms with Gasteiger partial charge in [0.1, 0.15) is 17.9 Å². The molecule has 38 heavy (non-hydrogen) atoms. The van der Waals surface area contributed by atoms with Crippen LogP contribution in [0.5, 0.6) is 0 Å². The number of allylic oxidation sites excluding steroid dienone is 1. The zero-order chi connectivity index (χ0) is 28.3. The Balaban J connectivity index is 2.19. The topological polar surface area (TPSA) is 115 Å². The zero-order valence-corrected chi connectivity index (χ0v) is 24.6. The fourth-order valence-electron chi connectivity index (χ4n) is 3.89. The molecule has 1 aliphatic rings. The number of nitrogens with zero attached hydrogens (tertiary/aromatic N) is 4. The van der Waals surface area contributed by atoms with Crippen LogP contribution in [0.3, 0.4) is 0 Å². The molecule has 1 fully saturated rings. The van der Waals surface area contributed by atoms with Gasteiger partial charge in [0.15, 0.2) is 0 Å². The predicted molar refractivity (Wildman–Crippen MR) is 150 cm³/mol. The molecule has 0 aromatic carbocycles. The van der Waals surface area contributed by atoms with Crippen LogP contribution < -0.4 is 10.2 Å². The minimum Gasteiger partial charge on any atom is -0.495 e. The number of carbonyl (C=O) groups is 1. The second-order valence-electron chi connectivity index (χ2n) is 10.1. The molecule has 11 heteroatoms. The first-order chi connectivity index (χ1) is 17.8. The van der Waals surface area contributed by atoms with E-state index in [0.717, 1.165) is 31.5 Å². The van der Waals surface area contributed by atoms with Gasteiger partial charge in [-0.1, -0.05) is 26.3 Å². The monoisotopic (exact) mass is 549 g/mol. The summed E-state index contributed by atoms with van der Waals surface area (Å²) in [6, 6.07) is 3.69. The summed E-state index contributed by atoms with van der Waals surface area (Å²) in [7, 11) is -1.85. The number of ether oxygens (including phenoxy) is 2. The SMILES string of the molecule is CO/C(N=CC(C)(C)c1ccc(=N/C=C(\C)OCCN2CCCCC2)n(C(C)=O)c1)=C(/C)CNS(C)(=O)=O. The number of piperidine rings is 1. The van der Waals surface area contributed by atoms with Crippen molar-refractivity contribution in [1.29, 1.82) is 0 Å². The van der Waals surface area contributed by atoms with Crippen molar-refractivity contribution in [3.8, 4) is 0 Å². The molecular formula is C27H43N5O5S. The highest BCUT2D eigenvalue weighted by Gasteiger charge is 2.20. The fourth-order valence-corrected chi connectivity index (χ4v) is 4.37. The molecule has 0 unspecified atom stereocenters. The van der Waals surface area contributed by atoms with E-state index >= 15 is 0 Å².